The zero-order chi connectivity index (χ0) is 9.97. The summed E-state index contributed by atoms with van der Waals surface area (Å²) in [6.45, 7) is 0. The fourth-order valence-corrected chi connectivity index (χ4v) is 2.72. The third-order valence-electron chi connectivity index (χ3n) is 3.42. The van der Waals surface area contributed by atoms with Gasteiger partial charge in [-0.2, -0.15) is 0 Å². The molecule has 0 saturated carbocycles. The molecule has 0 aromatic heterocycles. The van der Waals surface area contributed by atoms with Crippen molar-refractivity contribution >= 4 is 12.6 Å². The Morgan fingerprint density at radius 2 is 1.29 bits per heavy atom. The molecular weight excluding hydrogens is 176 g/mol. The van der Waals surface area contributed by atoms with Gasteiger partial charge in [-0.05, 0) is 38.5 Å². The number of carbonyl (C=O) groups excluding carboxylic acids is 2. The smallest absolute Gasteiger partial charge is 0.206 e. The molecule has 2 heteroatoms. The van der Waals surface area contributed by atoms with Crippen LogP contribution in [0.1, 0.15) is 38.5 Å². The molecule has 0 fully saturated rings. The fraction of sp³-hybridized carbons (Fsp3) is 0.667. The van der Waals surface area contributed by atoms with Crippen molar-refractivity contribution in [3.05, 3.63) is 11.1 Å². The maximum absolute atomic E-state index is 10.8. The van der Waals surface area contributed by atoms with Gasteiger partial charge in [0.05, 0.1) is 0 Å². The van der Waals surface area contributed by atoms with Crippen LogP contribution in [-0.2, 0) is 9.59 Å². The molecule has 0 saturated heterocycles. The minimum Gasteiger partial charge on any atom is -0.290 e. The van der Waals surface area contributed by atoms with Crippen molar-refractivity contribution in [3.8, 4) is 0 Å². The second kappa shape index (κ2) is 4.07. The van der Waals surface area contributed by atoms with Crippen LogP contribution in [0.5, 0.6) is 0 Å². The third-order valence-corrected chi connectivity index (χ3v) is 3.42. The molecule has 0 aromatic carbocycles. The Labute approximate surface area is 84.4 Å². The van der Waals surface area contributed by atoms with Gasteiger partial charge in [0.2, 0.25) is 12.6 Å². The van der Waals surface area contributed by atoms with E-state index in [0.29, 0.717) is 0 Å². The van der Waals surface area contributed by atoms with Gasteiger partial charge in [-0.25, -0.2) is 0 Å². The highest BCUT2D eigenvalue weighted by Gasteiger charge is 2.30. The highest BCUT2D eigenvalue weighted by molar-refractivity contribution is 5.66. The van der Waals surface area contributed by atoms with Crippen LogP contribution in [-0.4, -0.2) is 12.6 Å². The van der Waals surface area contributed by atoms with Crippen molar-refractivity contribution in [2.45, 2.75) is 38.5 Å². The van der Waals surface area contributed by atoms with Gasteiger partial charge < -0.3 is 0 Å². The van der Waals surface area contributed by atoms with Crippen molar-refractivity contribution in [3.63, 3.8) is 0 Å². The molecule has 0 amide bonds. The van der Waals surface area contributed by atoms with Crippen molar-refractivity contribution in [2.24, 2.45) is 11.8 Å². The molecule has 0 bridgehead atoms. The van der Waals surface area contributed by atoms with Crippen LogP contribution in [0.4, 0.5) is 0 Å². The summed E-state index contributed by atoms with van der Waals surface area (Å²) in [6, 6.07) is 0. The van der Waals surface area contributed by atoms with Crippen molar-refractivity contribution < 1.29 is 9.59 Å². The summed E-state index contributed by atoms with van der Waals surface area (Å²) in [5, 5.41) is 0. The van der Waals surface area contributed by atoms with E-state index in [1.807, 2.05) is 0 Å². The molecule has 2 aliphatic carbocycles. The molecule has 74 valence electrons. The van der Waals surface area contributed by atoms with Gasteiger partial charge in [0.1, 0.15) is 0 Å². The van der Waals surface area contributed by atoms with Crippen LogP contribution in [0.15, 0.2) is 11.1 Å². The zero-order valence-electron chi connectivity index (χ0n) is 8.21. The Balaban J connectivity index is 2.31. The summed E-state index contributed by atoms with van der Waals surface area (Å²) in [6.07, 6.45) is 10.1. The number of rotatable bonds is 2. The van der Waals surface area contributed by atoms with E-state index in [0.717, 1.165) is 38.5 Å². The van der Waals surface area contributed by atoms with Crippen LogP contribution in [0.2, 0.25) is 0 Å². The molecule has 2 unspecified atom stereocenters. The quantitative estimate of drug-likeness (QED) is 0.625. The Bertz CT molecular complexity index is 250. The van der Waals surface area contributed by atoms with Crippen LogP contribution < -0.4 is 0 Å². The van der Waals surface area contributed by atoms with Gasteiger partial charge >= 0.3 is 0 Å². The predicted octanol–water partition coefficient (Wildman–Crippen LogP) is 2.10. The minimum atomic E-state index is -0.0186. The summed E-state index contributed by atoms with van der Waals surface area (Å²) in [4.78, 5) is 21.5. The minimum absolute atomic E-state index is 0.0186. The average Bonchev–Trinajstić information content (AvgIpc) is 2.27. The Kier molecular flexibility index (Phi) is 2.80. The standard InChI is InChI=1S/C12H14O2/c13-7-9-3-1-5-11-10(8-14)4-2-6-12(9)11/h9-10H,1-6H2. The molecule has 2 radical (unpaired) electrons. The second-order valence-corrected chi connectivity index (χ2v) is 4.18. The first-order valence-corrected chi connectivity index (χ1v) is 5.34. The van der Waals surface area contributed by atoms with E-state index in [1.165, 1.54) is 11.1 Å². The first-order chi connectivity index (χ1) is 6.86. The lowest BCUT2D eigenvalue weighted by atomic mass is 9.72. The van der Waals surface area contributed by atoms with Crippen molar-refractivity contribution in [2.75, 3.05) is 0 Å². The third kappa shape index (κ3) is 1.54. The first-order valence-electron chi connectivity index (χ1n) is 5.34. The molecule has 0 spiro atoms. The lowest BCUT2D eigenvalue weighted by molar-refractivity contribution is 0.444. The second-order valence-electron chi connectivity index (χ2n) is 4.18. The van der Waals surface area contributed by atoms with E-state index in [-0.39, 0.29) is 11.8 Å². The molecule has 2 aliphatic rings. The summed E-state index contributed by atoms with van der Waals surface area (Å²) in [5.41, 5.74) is 2.43. The van der Waals surface area contributed by atoms with Crippen LogP contribution in [0.3, 0.4) is 0 Å². The molecule has 2 nitrogen and oxygen atoms in total. The SMILES string of the molecule is O=[C]C1CCCC2=C1CCCC2[C]=O. The summed E-state index contributed by atoms with van der Waals surface area (Å²) in [5.74, 6) is -0.0372. The van der Waals surface area contributed by atoms with E-state index in [9.17, 15) is 9.59 Å². The van der Waals surface area contributed by atoms with Crippen molar-refractivity contribution in [1.82, 2.24) is 0 Å². The maximum atomic E-state index is 10.8. The molecular formula is C12H14O2. The van der Waals surface area contributed by atoms with Gasteiger partial charge in [0.15, 0.2) is 0 Å². The molecule has 2 rings (SSSR count). The van der Waals surface area contributed by atoms with E-state index in [4.69, 9.17) is 0 Å². The van der Waals surface area contributed by atoms with Crippen LogP contribution in [0, 0.1) is 11.8 Å². The molecule has 0 heterocycles. The number of hydrogen-bond donors (Lipinski definition) is 0. The molecule has 0 N–H and O–H groups in total. The van der Waals surface area contributed by atoms with E-state index in [2.05, 4.69) is 12.6 Å². The van der Waals surface area contributed by atoms with Gasteiger partial charge in [0.25, 0.3) is 0 Å². The van der Waals surface area contributed by atoms with E-state index < -0.39 is 0 Å². The Morgan fingerprint density at radius 3 is 1.64 bits per heavy atom. The maximum Gasteiger partial charge on any atom is 0.206 e. The first kappa shape index (κ1) is 9.63. The summed E-state index contributed by atoms with van der Waals surface area (Å²) in [7, 11) is 0. The Morgan fingerprint density at radius 1 is 0.857 bits per heavy atom. The number of allylic oxidation sites excluding steroid dienone is 2. The zero-order valence-corrected chi connectivity index (χ0v) is 8.21. The van der Waals surface area contributed by atoms with Crippen LogP contribution in [0.25, 0.3) is 0 Å². The number of hydrogen-bond acceptors (Lipinski definition) is 2. The lowest BCUT2D eigenvalue weighted by Gasteiger charge is -2.31. The lowest BCUT2D eigenvalue weighted by Crippen LogP contribution is -2.22. The van der Waals surface area contributed by atoms with Crippen molar-refractivity contribution in [1.29, 1.82) is 0 Å². The van der Waals surface area contributed by atoms with Gasteiger partial charge in [-0.3, -0.25) is 9.59 Å². The summed E-state index contributed by atoms with van der Waals surface area (Å²) >= 11 is 0. The largest absolute Gasteiger partial charge is 0.290 e. The van der Waals surface area contributed by atoms with E-state index >= 15 is 0 Å². The Hall–Kier alpha value is -0.920. The fourth-order valence-electron chi connectivity index (χ4n) is 2.72. The average molecular weight is 190 g/mol. The van der Waals surface area contributed by atoms with E-state index in [1.54, 1.807) is 0 Å². The van der Waals surface area contributed by atoms with Gasteiger partial charge in [0, 0.05) is 11.8 Å². The molecule has 2 atom stereocenters. The van der Waals surface area contributed by atoms with Gasteiger partial charge in [-0.1, -0.05) is 11.1 Å². The van der Waals surface area contributed by atoms with Crippen LogP contribution >= 0.6 is 0 Å². The molecule has 14 heavy (non-hydrogen) atoms. The van der Waals surface area contributed by atoms with Gasteiger partial charge in [-0.15, -0.1) is 0 Å². The monoisotopic (exact) mass is 190 g/mol. The summed E-state index contributed by atoms with van der Waals surface area (Å²) < 4.78 is 0. The predicted molar refractivity (Wildman–Crippen MR) is 53.1 cm³/mol. The highest BCUT2D eigenvalue weighted by atomic mass is 16.1. The normalized spacial score (nSPS) is 32.3. The molecule has 0 aromatic rings. The molecule has 0 aliphatic heterocycles. The highest BCUT2D eigenvalue weighted by Crippen LogP contribution is 2.40. The topological polar surface area (TPSA) is 34.1 Å².